The molecule has 2 heterocycles. The Hall–Kier alpha value is -1.34. The number of benzene rings is 1. The van der Waals surface area contributed by atoms with Crippen molar-refractivity contribution in [1.29, 1.82) is 0 Å². The van der Waals surface area contributed by atoms with Gasteiger partial charge >= 0.3 is 5.69 Å². The van der Waals surface area contributed by atoms with Gasteiger partial charge in [-0.25, -0.2) is 4.98 Å². The van der Waals surface area contributed by atoms with Gasteiger partial charge in [0.05, 0.1) is 15.1 Å². The molecule has 1 aliphatic heterocycles. The Bertz CT molecular complexity index is 608. The number of nitrogens with zero attached hydrogens (tertiary/aromatic N) is 2. The van der Waals surface area contributed by atoms with Gasteiger partial charge in [-0.3, -0.25) is 10.1 Å². The molecule has 0 bridgehead atoms. The fourth-order valence-corrected chi connectivity index (χ4v) is 4.21. The lowest BCUT2D eigenvalue weighted by atomic mass is 10.1. The van der Waals surface area contributed by atoms with Crippen molar-refractivity contribution in [2.45, 2.75) is 6.42 Å². The van der Waals surface area contributed by atoms with E-state index in [0.29, 0.717) is 17.1 Å². The highest BCUT2D eigenvalue weighted by atomic mass is 32.2. The Labute approximate surface area is 118 Å². The van der Waals surface area contributed by atoms with E-state index < -0.39 is 0 Å². The summed E-state index contributed by atoms with van der Waals surface area (Å²) >= 11 is 3.37. The van der Waals surface area contributed by atoms with Gasteiger partial charge in [0.15, 0.2) is 5.52 Å². The van der Waals surface area contributed by atoms with E-state index in [1.807, 2.05) is 17.8 Å². The van der Waals surface area contributed by atoms with E-state index in [9.17, 15) is 10.1 Å². The van der Waals surface area contributed by atoms with Gasteiger partial charge in [0.1, 0.15) is 5.69 Å². The van der Waals surface area contributed by atoms with Gasteiger partial charge in [-0.05, 0) is 36.0 Å². The van der Waals surface area contributed by atoms with Crippen LogP contribution in [0.2, 0.25) is 0 Å². The molecule has 2 aromatic rings. The zero-order valence-electron chi connectivity index (χ0n) is 10.2. The van der Waals surface area contributed by atoms with Crippen LogP contribution in [0, 0.1) is 16.0 Å². The summed E-state index contributed by atoms with van der Waals surface area (Å²) < 4.78 is 0.855. The molecule has 0 aliphatic carbocycles. The van der Waals surface area contributed by atoms with Gasteiger partial charge in [-0.2, -0.15) is 11.8 Å². The largest absolute Gasteiger partial charge is 0.379 e. The maximum atomic E-state index is 11.3. The molecule has 1 atom stereocenters. The van der Waals surface area contributed by atoms with Crippen LogP contribution >= 0.6 is 23.1 Å². The van der Waals surface area contributed by atoms with Crippen molar-refractivity contribution in [3.8, 4) is 0 Å². The molecule has 1 fully saturated rings. The van der Waals surface area contributed by atoms with E-state index in [1.165, 1.54) is 23.5 Å². The molecule has 1 saturated heterocycles. The first-order valence-electron chi connectivity index (χ1n) is 6.08. The summed E-state index contributed by atoms with van der Waals surface area (Å²) in [5.74, 6) is 2.94. The molecule has 1 aliphatic rings. The summed E-state index contributed by atoms with van der Waals surface area (Å²) in [7, 11) is 0. The summed E-state index contributed by atoms with van der Waals surface area (Å²) in [5, 5.41) is 14.5. The maximum Gasteiger partial charge on any atom is 0.319 e. The quantitative estimate of drug-likeness (QED) is 0.692. The molecule has 100 valence electrons. The second-order valence-corrected chi connectivity index (χ2v) is 6.56. The lowest BCUT2D eigenvalue weighted by Crippen LogP contribution is -2.14. The minimum Gasteiger partial charge on any atom is -0.379 e. The second kappa shape index (κ2) is 5.34. The van der Waals surface area contributed by atoms with E-state index in [4.69, 9.17) is 0 Å². The van der Waals surface area contributed by atoms with Crippen LogP contribution in [0.15, 0.2) is 17.6 Å². The van der Waals surface area contributed by atoms with Gasteiger partial charge in [0.2, 0.25) is 0 Å². The lowest BCUT2D eigenvalue weighted by molar-refractivity contribution is -0.382. The Morgan fingerprint density at radius 1 is 1.53 bits per heavy atom. The number of aromatic nitrogens is 1. The van der Waals surface area contributed by atoms with Crippen molar-refractivity contribution in [3.05, 3.63) is 27.8 Å². The van der Waals surface area contributed by atoms with Crippen LogP contribution in [0.1, 0.15) is 6.42 Å². The number of fused-ring (bicyclic) bond motifs is 1. The predicted molar refractivity (Wildman–Crippen MR) is 80.2 cm³/mol. The number of rotatable bonds is 4. The Kier molecular flexibility index (Phi) is 3.56. The molecule has 1 unspecified atom stereocenters. The van der Waals surface area contributed by atoms with E-state index in [-0.39, 0.29) is 10.6 Å². The van der Waals surface area contributed by atoms with Crippen LogP contribution in [0.4, 0.5) is 11.4 Å². The standard InChI is InChI=1S/C12H13N3O2S2/c16-15(17)12-9(13-5-8-3-4-18-6-8)1-2-10-11(12)14-7-19-10/h1-2,7-8,13H,3-6H2. The zero-order chi connectivity index (χ0) is 13.2. The molecular formula is C12H13N3O2S2. The van der Waals surface area contributed by atoms with Crippen LogP contribution in [-0.2, 0) is 0 Å². The number of nitro groups is 1. The van der Waals surface area contributed by atoms with E-state index in [1.54, 1.807) is 11.6 Å². The number of hydrogen-bond acceptors (Lipinski definition) is 6. The van der Waals surface area contributed by atoms with Crippen molar-refractivity contribution in [3.63, 3.8) is 0 Å². The molecular weight excluding hydrogens is 282 g/mol. The highest BCUT2D eigenvalue weighted by Crippen LogP contribution is 2.35. The van der Waals surface area contributed by atoms with Crippen molar-refractivity contribution in [2.75, 3.05) is 23.4 Å². The van der Waals surface area contributed by atoms with Gasteiger partial charge in [0, 0.05) is 6.54 Å². The molecule has 0 spiro atoms. The smallest absolute Gasteiger partial charge is 0.319 e. The fraction of sp³-hybridized carbons (Fsp3) is 0.417. The van der Waals surface area contributed by atoms with E-state index >= 15 is 0 Å². The minimum absolute atomic E-state index is 0.101. The first-order valence-corrected chi connectivity index (χ1v) is 8.11. The highest BCUT2D eigenvalue weighted by Gasteiger charge is 2.22. The first-order chi connectivity index (χ1) is 9.25. The summed E-state index contributed by atoms with van der Waals surface area (Å²) in [6.45, 7) is 0.795. The first kappa shape index (κ1) is 12.7. The molecule has 1 aromatic carbocycles. The second-order valence-electron chi connectivity index (χ2n) is 4.53. The maximum absolute atomic E-state index is 11.3. The summed E-state index contributed by atoms with van der Waals surface area (Å²) in [5.41, 5.74) is 2.82. The van der Waals surface area contributed by atoms with E-state index in [2.05, 4.69) is 10.3 Å². The van der Waals surface area contributed by atoms with E-state index in [0.717, 1.165) is 17.0 Å². The Morgan fingerprint density at radius 3 is 3.16 bits per heavy atom. The van der Waals surface area contributed by atoms with Crippen LogP contribution < -0.4 is 5.32 Å². The third-order valence-corrected chi connectivity index (χ3v) is 5.29. The number of hydrogen-bond donors (Lipinski definition) is 1. The summed E-state index contributed by atoms with van der Waals surface area (Å²) in [6.07, 6.45) is 1.18. The van der Waals surface area contributed by atoms with Gasteiger partial charge in [-0.1, -0.05) is 0 Å². The third-order valence-electron chi connectivity index (χ3n) is 3.26. The number of thioether (sulfide) groups is 1. The molecule has 7 heteroatoms. The predicted octanol–water partition coefficient (Wildman–Crippen LogP) is 3.37. The van der Waals surface area contributed by atoms with Gasteiger partial charge in [-0.15, -0.1) is 11.3 Å². The molecule has 0 amide bonds. The number of nitro benzene ring substituents is 1. The van der Waals surface area contributed by atoms with Crippen LogP contribution in [0.5, 0.6) is 0 Å². The van der Waals surface area contributed by atoms with Crippen molar-refractivity contribution < 1.29 is 4.92 Å². The number of nitrogens with one attached hydrogen (secondary N) is 1. The van der Waals surface area contributed by atoms with Crippen molar-refractivity contribution >= 4 is 44.7 Å². The zero-order valence-corrected chi connectivity index (χ0v) is 11.8. The molecule has 19 heavy (non-hydrogen) atoms. The lowest BCUT2D eigenvalue weighted by Gasteiger charge is -2.11. The van der Waals surface area contributed by atoms with Gasteiger partial charge in [0.25, 0.3) is 0 Å². The minimum atomic E-state index is -0.339. The monoisotopic (exact) mass is 295 g/mol. The summed E-state index contributed by atoms with van der Waals surface area (Å²) in [6, 6.07) is 3.69. The molecule has 0 saturated carbocycles. The van der Waals surface area contributed by atoms with Crippen LogP contribution in [0.3, 0.4) is 0 Å². The van der Waals surface area contributed by atoms with Crippen LogP contribution in [-0.4, -0.2) is 28.0 Å². The highest BCUT2D eigenvalue weighted by molar-refractivity contribution is 7.99. The van der Waals surface area contributed by atoms with Gasteiger partial charge < -0.3 is 5.32 Å². The topological polar surface area (TPSA) is 68.1 Å². The SMILES string of the molecule is O=[N+]([O-])c1c(NCC2CCSC2)ccc2scnc12. The third kappa shape index (κ3) is 2.52. The number of anilines is 1. The van der Waals surface area contributed by atoms with Crippen molar-refractivity contribution in [2.24, 2.45) is 5.92 Å². The molecule has 3 rings (SSSR count). The Morgan fingerprint density at radius 2 is 2.42 bits per heavy atom. The molecule has 1 aromatic heterocycles. The average molecular weight is 295 g/mol. The van der Waals surface area contributed by atoms with Crippen molar-refractivity contribution in [1.82, 2.24) is 4.98 Å². The summed E-state index contributed by atoms with van der Waals surface area (Å²) in [4.78, 5) is 15.0. The average Bonchev–Trinajstić information content (AvgIpc) is 3.06. The van der Waals surface area contributed by atoms with Crippen LogP contribution in [0.25, 0.3) is 10.2 Å². The Balaban J connectivity index is 1.88. The molecule has 1 N–H and O–H groups in total. The number of thiazole rings is 1. The molecule has 0 radical (unpaired) electrons. The fourth-order valence-electron chi connectivity index (χ4n) is 2.24. The molecule has 5 nitrogen and oxygen atoms in total. The normalized spacial score (nSPS) is 18.8.